The lowest BCUT2D eigenvalue weighted by Gasteiger charge is -2.22. The number of benzene rings is 2. The predicted molar refractivity (Wildman–Crippen MR) is 118 cm³/mol. The van der Waals surface area contributed by atoms with Crippen LogP contribution in [-0.2, 0) is 9.59 Å². The van der Waals surface area contributed by atoms with Gasteiger partial charge in [0.25, 0.3) is 5.78 Å². The van der Waals surface area contributed by atoms with Crippen molar-refractivity contribution in [2.75, 3.05) is 11.5 Å². The molecule has 0 bridgehead atoms. The minimum absolute atomic E-state index is 0.0165. The summed E-state index contributed by atoms with van der Waals surface area (Å²) in [7, 11) is 0. The molecule has 2 heterocycles. The number of halogens is 1. The van der Waals surface area contributed by atoms with E-state index in [0.29, 0.717) is 29.2 Å². The number of aryl methyl sites for hydroxylation is 1. The second-order valence-corrected chi connectivity index (χ2v) is 7.89. The highest BCUT2D eigenvalue weighted by atomic mass is 79.9. The summed E-state index contributed by atoms with van der Waals surface area (Å²) in [6, 6.07) is 14.6. The molecule has 0 aliphatic carbocycles. The van der Waals surface area contributed by atoms with Crippen LogP contribution in [0.3, 0.4) is 0 Å². The van der Waals surface area contributed by atoms with Crippen molar-refractivity contribution >= 4 is 39.2 Å². The number of ether oxygens (including phenoxy) is 1. The van der Waals surface area contributed by atoms with Crippen LogP contribution in [0.15, 0.2) is 69.2 Å². The van der Waals surface area contributed by atoms with Crippen LogP contribution < -0.4 is 9.64 Å². The van der Waals surface area contributed by atoms with Crippen molar-refractivity contribution < 1.29 is 24.0 Å². The molecule has 2 aromatic carbocycles. The van der Waals surface area contributed by atoms with Crippen molar-refractivity contribution in [1.29, 1.82) is 0 Å². The summed E-state index contributed by atoms with van der Waals surface area (Å²) in [5.41, 5.74) is 1.03. The van der Waals surface area contributed by atoms with Crippen molar-refractivity contribution in [3.63, 3.8) is 0 Å². The summed E-state index contributed by atoms with van der Waals surface area (Å²) in [6.45, 7) is 4.08. The molecule has 1 aliphatic rings. The number of nitrogens with zero attached hydrogens (tertiary/aromatic N) is 2. The molecule has 1 saturated heterocycles. The number of amides is 1. The van der Waals surface area contributed by atoms with E-state index < -0.39 is 17.7 Å². The van der Waals surface area contributed by atoms with Crippen LogP contribution in [0.5, 0.6) is 5.75 Å². The molecule has 7 nitrogen and oxygen atoms in total. The summed E-state index contributed by atoms with van der Waals surface area (Å²) in [4.78, 5) is 27.3. The maximum absolute atomic E-state index is 13.0. The highest BCUT2D eigenvalue weighted by Crippen LogP contribution is 2.42. The molecular formula is C23H19BrN2O5. The Bertz CT molecular complexity index is 1170. The molecular weight excluding hydrogens is 464 g/mol. The van der Waals surface area contributed by atoms with Gasteiger partial charge < -0.3 is 14.4 Å². The second kappa shape index (κ2) is 8.39. The Balaban J connectivity index is 1.87. The molecule has 1 amide bonds. The number of ketones is 1. The predicted octanol–water partition coefficient (Wildman–Crippen LogP) is 4.77. The van der Waals surface area contributed by atoms with Crippen molar-refractivity contribution in [1.82, 2.24) is 5.16 Å². The number of carbonyl (C=O) groups is 2. The van der Waals surface area contributed by atoms with Gasteiger partial charge in [-0.05, 0) is 55.8 Å². The molecule has 0 radical (unpaired) electrons. The molecule has 0 unspecified atom stereocenters. The molecule has 8 heteroatoms. The first kappa shape index (κ1) is 20.9. The fourth-order valence-electron chi connectivity index (χ4n) is 3.53. The summed E-state index contributed by atoms with van der Waals surface area (Å²) >= 11 is 3.39. The first-order chi connectivity index (χ1) is 14.9. The van der Waals surface area contributed by atoms with Gasteiger partial charge in [0.05, 0.1) is 18.2 Å². The van der Waals surface area contributed by atoms with Crippen LogP contribution in [0.4, 0.5) is 5.82 Å². The average Bonchev–Trinajstić information content (AvgIpc) is 3.30. The van der Waals surface area contributed by atoms with Crippen LogP contribution in [-0.4, -0.2) is 28.6 Å². The Morgan fingerprint density at radius 2 is 1.84 bits per heavy atom. The fourth-order valence-corrected chi connectivity index (χ4v) is 3.79. The van der Waals surface area contributed by atoms with Gasteiger partial charge in [-0.1, -0.05) is 33.2 Å². The van der Waals surface area contributed by atoms with E-state index in [0.717, 1.165) is 4.47 Å². The Morgan fingerprint density at radius 1 is 1.16 bits per heavy atom. The topological polar surface area (TPSA) is 92.9 Å². The number of rotatable bonds is 5. The minimum Gasteiger partial charge on any atom is -0.507 e. The summed E-state index contributed by atoms with van der Waals surface area (Å²) < 4.78 is 11.4. The van der Waals surface area contributed by atoms with E-state index in [1.54, 1.807) is 61.5 Å². The number of Topliss-reactive ketones (excluding diaryl/α,β-unsaturated/α-hetero) is 1. The van der Waals surface area contributed by atoms with Crippen molar-refractivity contribution in [2.24, 2.45) is 0 Å². The van der Waals surface area contributed by atoms with E-state index in [1.807, 2.05) is 6.92 Å². The molecule has 0 spiro atoms. The van der Waals surface area contributed by atoms with Gasteiger partial charge in [0.1, 0.15) is 17.3 Å². The van der Waals surface area contributed by atoms with E-state index in [-0.39, 0.29) is 17.2 Å². The maximum atomic E-state index is 13.0. The molecule has 1 aromatic heterocycles. The highest BCUT2D eigenvalue weighted by Gasteiger charge is 2.48. The monoisotopic (exact) mass is 482 g/mol. The first-order valence-corrected chi connectivity index (χ1v) is 10.4. The Hall–Kier alpha value is -3.39. The van der Waals surface area contributed by atoms with Crippen LogP contribution >= 0.6 is 15.9 Å². The summed E-state index contributed by atoms with van der Waals surface area (Å²) in [5.74, 6) is -0.496. The van der Waals surface area contributed by atoms with Gasteiger partial charge in [0.15, 0.2) is 5.82 Å². The largest absolute Gasteiger partial charge is 0.507 e. The van der Waals surface area contributed by atoms with Gasteiger partial charge in [-0.25, -0.2) is 0 Å². The van der Waals surface area contributed by atoms with E-state index >= 15 is 0 Å². The van der Waals surface area contributed by atoms with Gasteiger partial charge >= 0.3 is 5.91 Å². The Morgan fingerprint density at radius 3 is 2.42 bits per heavy atom. The number of hydrogen-bond acceptors (Lipinski definition) is 6. The third-order valence-electron chi connectivity index (χ3n) is 4.93. The molecule has 3 aromatic rings. The quantitative estimate of drug-likeness (QED) is 0.319. The van der Waals surface area contributed by atoms with E-state index in [9.17, 15) is 14.7 Å². The Labute approximate surface area is 187 Å². The lowest BCUT2D eigenvalue weighted by atomic mass is 9.95. The van der Waals surface area contributed by atoms with Gasteiger partial charge in [0.2, 0.25) is 0 Å². The van der Waals surface area contributed by atoms with Crippen LogP contribution in [0.1, 0.15) is 29.9 Å². The van der Waals surface area contributed by atoms with Crippen molar-refractivity contribution in [3.05, 3.63) is 81.5 Å². The van der Waals surface area contributed by atoms with Gasteiger partial charge in [-0.15, -0.1) is 0 Å². The molecule has 4 rings (SSSR count). The third-order valence-corrected chi connectivity index (χ3v) is 5.46. The van der Waals surface area contributed by atoms with E-state index in [4.69, 9.17) is 9.26 Å². The lowest BCUT2D eigenvalue weighted by Crippen LogP contribution is -2.29. The standard InChI is InChI=1S/C23H19BrN2O5/c1-3-30-17-10-6-15(7-11-17)21(27)19-20(14-4-8-16(24)9-5-14)26(23(29)22(19)28)18-12-13(2)31-25-18/h4-12,20,27H,3H2,1-2H3/t20-/m0/s1. The lowest BCUT2D eigenvalue weighted by molar-refractivity contribution is -0.132. The number of anilines is 1. The SMILES string of the molecule is CCOc1ccc(C(O)=C2C(=O)C(=O)N(c3cc(C)on3)[C@H]2c2ccc(Br)cc2)cc1. The molecule has 1 aliphatic heterocycles. The smallest absolute Gasteiger partial charge is 0.301 e. The third kappa shape index (κ3) is 3.86. The van der Waals surface area contributed by atoms with E-state index in [2.05, 4.69) is 21.1 Å². The van der Waals surface area contributed by atoms with Gasteiger partial charge in [-0.3, -0.25) is 14.5 Å². The number of aromatic nitrogens is 1. The van der Waals surface area contributed by atoms with Crippen LogP contribution in [0.25, 0.3) is 5.76 Å². The molecule has 1 N–H and O–H groups in total. The van der Waals surface area contributed by atoms with Gasteiger partial charge in [0, 0.05) is 16.1 Å². The molecule has 1 fully saturated rings. The zero-order valence-electron chi connectivity index (χ0n) is 16.8. The van der Waals surface area contributed by atoms with Crippen LogP contribution in [0, 0.1) is 6.92 Å². The molecule has 158 valence electrons. The van der Waals surface area contributed by atoms with Gasteiger partial charge in [-0.2, -0.15) is 0 Å². The summed E-state index contributed by atoms with van der Waals surface area (Å²) in [5, 5.41) is 15.0. The van der Waals surface area contributed by atoms with Crippen LogP contribution in [0.2, 0.25) is 0 Å². The second-order valence-electron chi connectivity index (χ2n) is 6.97. The summed E-state index contributed by atoms with van der Waals surface area (Å²) in [6.07, 6.45) is 0. The average molecular weight is 483 g/mol. The normalized spacial score (nSPS) is 17.9. The number of aliphatic hydroxyl groups is 1. The van der Waals surface area contributed by atoms with Crippen molar-refractivity contribution in [2.45, 2.75) is 19.9 Å². The minimum atomic E-state index is -0.857. The zero-order chi connectivity index (χ0) is 22.1. The maximum Gasteiger partial charge on any atom is 0.301 e. The zero-order valence-corrected chi connectivity index (χ0v) is 18.4. The fraction of sp³-hybridized carbons (Fsp3) is 0.174. The van der Waals surface area contributed by atoms with Crippen molar-refractivity contribution in [3.8, 4) is 5.75 Å². The number of carbonyl (C=O) groups excluding carboxylic acids is 2. The number of aliphatic hydroxyl groups excluding tert-OH is 1. The first-order valence-electron chi connectivity index (χ1n) is 9.63. The Kier molecular flexibility index (Phi) is 5.65. The molecule has 31 heavy (non-hydrogen) atoms. The highest BCUT2D eigenvalue weighted by molar-refractivity contribution is 9.10. The molecule has 1 atom stereocenters. The number of hydrogen-bond donors (Lipinski definition) is 1. The van der Waals surface area contributed by atoms with E-state index in [1.165, 1.54) is 4.90 Å². The molecule has 0 saturated carbocycles.